The Morgan fingerprint density at radius 2 is 1.92 bits per heavy atom. The minimum atomic E-state index is -4.59. The molecular weight excluding hydrogens is 505 g/mol. The van der Waals surface area contributed by atoms with E-state index in [0.29, 0.717) is 29.6 Å². The molecule has 1 aromatic carbocycles. The summed E-state index contributed by atoms with van der Waals surface area (Å²) in [7, 11) is 1.91. The van der Waals surface area contributed by atoms with Gasteiger partial charge >= 0.3 is 11.9 Å². The number of alkyl halides is 3. The molecule has 2 aliphatic rings. The van der Waals surface area contributed by atoms with Crippen LogP contribution in [0.5, 0.6) is 0 Å². The van der Waals surface area contributed by atoms with Crippen molar-refractivity contribution >= 4 is 5.52 Å². The summed E-state index contributed by atoms with van der Waals surface area (Å²) >= 11 is 0. The Morgan fingerprint density at radius 1 is 1.10 bits per heavy atom. The SMILES string of the molecule is C[C@@H]1CCCN(Cc2cc(C(F)(F)F)c3cn(-c4cccc([C@H](c5nncn5C)C5CCC5)c4)c(=O)n3c2)C1. The predicted octanol–water partition coefficient (Wildman–Crippen LogP) is 5.40. The third-order valence-electron chi connectivity index (χ3n) is 8.43. The Balaban J connectivity index is 1.42. The van der Waals surface area contributed by atoms with Crippen LogP contribution in [0.2, 0.25) is 0 Å². The number of likely N-dealkylation sites (tertiary alicyclic amines) is 1. The van der Waals surface area contributed by atoms with Crippen molar-refractivity contribution in [3.05, 3.63) is 82.1 Å². The topological polar surface area (TPSA) is 60.4 Å². The molecule has 0 spiro atoms. The minimum Gasteiger partial charge on any atom is -0.320 e. The number of hydrogen-bond acceptors (Lipinski definition) is 4. The molecule has 2 fully saturated rings. The van der Waals surface area contributed by atoms with Gasteiger partial charge in [-0.15, -0.1) is 10.2 Å². The van der Waals surface area contributed by atoms with Crippen LogP contribution in [0.4, 0.5) is 13.2 Å². The van der Waals surface area contributed by atoms with E-state index in [4.69, 9.17) is 0 Å². The second-order valence-corrected chi connectivity index (χ2v) is 11.3. The Labute approximate surface area is 224 Å². The highest BCUT2D eigenvalue weighted by atomic mass is 19.4. The fourth-order valence-electron chi connectivity index (χ4n) is 6.28. The van der Waals surface area contributed by atoms with Crippen molar-refractivity contribution in [3.63, 3.8) is 0 Å². The molecule has 39 heavy (non-hydrogen) atoms. The molecule has 0 bridgehead atoms. The van der Waals surface area contributed by atoms with Crippen LogP contribution >= 0.6 is 0 Å². The highest BCUT2D eigenvalue weighted by Gasteiger charge is 2.35. The third kappa shape index (κ3) is 4.90. The number of rotatable bonds is 6. The van der Waals surface area contributed by atoms with Gasteiger partial charge in [0.15, 0.2) is 0 Å². The van der Waals surface area contributed by atoms with Crippen molar-refractivity contribution in [2.75, 3.05) is 13.1 Å². The molecule has 2 atom stereocenters. The first-order chi connectivity index (χ1) is 18.7. The number of nitrogens with zero attached hydrogens (tertiary/aromatic N) is 6. The van der Waals surface area contributed by atoms with Crippen molar-refractivity contribution < 1.29 is 13.2 Å². The Hall–Kier alpha value is -3.40. The normalized spacial score (nSPS) is 19.9. The van der Waals surface area contributed by atoms with Crippen molar-refractivity contribution in [1.82, 2.24) is 28.6 Å². The fraction of sp³-hybridized carbons (Fsp3) is 0.483. The predicted molar refractivity (Wildman–Crippen MR) is 142 cm³/mol. The van der Waals surface area contributed by atoms with Crippen LogP contribution in [0, 0.1) is 11.8 Å². The second-order valence-electron chi connectivity index (χ2n) is 11.3. The van der Waals surface area contributed by atoms with Gasteiger partial charge < -0.3 is 4.57 Å². The summed E-state index contributed by atoms with van der Waals surface area (Å²) in [5.74, 6) is 1.77. The molecule has 1 saturated carbocycles. The lowest BCUT2D eigenvalue weighted by Crippen LogP contribution is -2.34. The van der Waals surface area contributed by atoms with E-state index in [1.54, 1.807) is 18.6 Å². The third-order valence-corrected chi connectivity index (χ3v) is 8.43. The highest BCUT2D eigenvalue weighted by molar-refractivity contribution is 5.58. The van der Waals surface area contributed by atoms with E-state index >= 15 is 0 Å². The quantitative estimate of drug-likeness (QED) is 0.330. The van der Waals surface area contributed by atoms with Gasteiger partial charge in [0, 0.05) is 38.4 Å². The monoisotopic (exact) mass is 538 g/mol. The van der Waals surface area contributed by atoms with E-state index in [1.165, 1.54) is 16.8 Å². The van der Waals surface area contributed by atoms with Crippen LogP contribution in [0.3, 0.4) is 0 Å². The number of benzene rings is 1. The van der Waals surface area contributed by atoms with E-state index in [9.17, 15) is 18.0 Å². The maximum absolute atomic E-state index is 14.2. The van der Waals surface area contributed by atoms with E-state index in [0.717, 1.165) is 61.0 Å². The molecule has 10 heteroatoms. The first-order valence-electron chi connectivity index (χ1n) is 13.7. The van der Waals surface area contributed by atoms with Crippen molar-refractivity contribution in [2.24, 2.45) is 18.9 Å². The summed E-state index contributed by atoms with van der Waals surface area (Å²) in [4.78, 5) is 15.8. The Bertz CT molecular complexity index is 1550. The van der Waals surface area contributed by atoms with Gasteiger partial charge in [-0.3, -0.25) is 13.9 Å². The van der Waals surface area contributed by atoms with Crippen LogP contribution in [-0.2, 0) is 19.8 Å². The van der Waals surface area contributed by atoms with Gasteiger partial charge in [-0.1, -0.05) is 25.5 Å². The standard InChI is InChI=1S/C29H33F3N6O/c1-19-6-5-11-36(14-19)15-20-12-24(29(30,31)32)25-17-37(28(39)38(25)16-20)23-10-4-9-22(13-23)26(21-7-3-8-21)27-34-33-18-35(27)2/h4,9-10,12-13,16-19,21,26H,3,5-8,11,14-15H2,1-2H3/t19-,26-/m1/s1. The molecule has 1 saturated heterocycles. The Morgan fingerprint density at radius 3 is 2.59 bits per heavy atom. The van der Waals surface area contributed by atoms with Crippen molar-refractivity contribution in [1.29, 1.82) is 0 Å². The van der Waals surface area contributed by atoms with Crippen LogP contribution < -0.4 is 5.69 Å². The number of aromatic nitrogens is 5. The Kier molecular flexibility index (Phi) is 6.61. The number of imidazole rings is 1. The zero-order valence-corrected chi connectivity index (χ0v) is 22.2. The molecule has 0 N–H and O–H groups in total. The van der Waals surface area contributed by atoms with Crippen LogP contribution in [-0.4, -0.2) is 41.7 Å². The number of halogens is 3. The maximum atomic E-state index is 14.2. The molecule has 7 nitrogen and oxygen atoms in total. The van der Waals surface area contributed by atoms with E-state index in [-0.39, 0.29) is 11.4 Å². The minimum absolute atomic E-state index is 0.00297. The van der Waals surface area contributed by atoms with Crippen molar-refractivity contribution in [3.8, 4) is 5.69 Å². The average molecular weight is 539 g/mol. The zero-order valence-electron chi connectivity index (χ0n) is 22.2. The summed E-state index contributed by atoms with van der Waals surface area (Å²) in [6, 6.07) is 8.73. The molecule has 3 aromatic heterocycles. The molecule has 206 valence electrons. The molecular formula is C29H33F3N6O. The number of fused-ring (bicyclic) bond motifs is 1. The number of hydrogen-bond donors (Lipinski definition) is 0. The molecule has 0 amide bonds. The summed E-state index contributed by atoms with van der Waals surface area (Å²) in [6.07, 6.45) is 5.44. The lowest BCUT2D eigenvalue weighted by molar-refractivity contribution is -0.136. The number of piperidine rings is 1. The highest BCUT2D eigenvalue weighted by Crippen LogP contribution is 2.43. The van der Waals surface area contributed by atoms with E-state index in [2.05, 4.69) is 22.0 Å². The van der Waals surface area contributed by atoms with E-state index < -0.39 is 17.4 Å². The maximum Gasteiger partial charge on any atom is 0.418 e. The van der Waals surface area contributed by atoms with Gasteiger partial charge in [0.2, 0.25) is 0 Å². The molecule has 0 radical (unpaired) electrons. The van der Waals surface area contributed by atoms with Gasteiger partial charge in [-0.25, -0.2) is 4.79 Å². The fourth-order valence-corrected chi connectivity index (χ4v) is 6.28. The molecule has 1 aliphatic heterocycles. The summed E-state index contributed by atoms with van der Waals surface area (Å²) in [6.45, 7) is 4.24. The van der Waals surface area contributed by atoms with Gasteiger partial charge in [0.25, 0.3) is 0 Å². The van der Waals surface area contributed by atoms with Gasteiger partial charge in [0.05, 0.1) is 16.8 Å². The van der Waals surface area contributed by atoms with Crippen LogP contribution in [0.15, 0.2) is 53.8 Å². The largest absolute Gasteiger partial charge is 0.418 e. The first-order valence-corrected chi connectivity index (χ1v) is 13.7. The average Bonchev–Trinajstić information content (AvgIpc) is 3.43. The second kappa shape index (κ2) is 9.97. The van der Waals surface area contributed by atoms with Crippen LogP contribution in [0.1, 0.15) is 67.5 Å². The lowest BCUT2D eigenvalue weighted by atomic mass is 9.72. The summed E-state index contributed by atoms with van der Waals surface area (Å²) in [5, 5.41) is 8.43. The molecule has 0 unspecified atom stereocenters. The molecule has 4 aromatic rings. The summed E-state index contributed by atoms with van der Waals surface area (Å²) in [5.41, 5.74) is 0.560. The lowest BCUT2D eigenvalue weighted by Gasteiger charge is -2.33. The van der Waals surface area contributed by atoms with E-state index in [1.807, 2.05) is 29.8 Å². The van der Waals surface area contributed by atoms with Gasteiger partial charge in [-0.05, 0) is 73.4 Å². The number of pyridine rings is 1. The van der Waals surface area contributed by atoms with Crippen molar-refractivity contribution in [2.45, 2.75) is 57.7 Å². The molecule has 6 rings (SSSR count). The van der Waals surface area contributed by atoms with Gasteiger partial charge in [0.1, 0.15) is 12.2 Å². The number of aryl methyl sites for hydroxylation is 1. The molecule has 4 heterocycles. The van der Waals surface area contributed by atoms with Crippen LogP contribution in [0.25, 0.3) is 11.2 Å². The summed E-state index contributed by atoms with van der Waals surface area (Å²) < 4.78 is 47.1. The zero-order chi connectivity index (χ0) is 27.3. The smallest absolute Gasteiger partial charge is 0.320 e. The molecule has 1 aliphatic carbocycles. The van der Waals surface area contributed by atoms with Gasteiger partial charge in [-0.2, -0.15) is 13.2 Å². The first kappa shape index (κ1) is 25.9.